The zero-order chi connectivity index (χ0) is 19.2. The van der Waals surface area contributed by atoms with Gasteiger partial charge in [0.05, 0.1) is 18.1 Å². The van der Waals surface area contributed by atoms with Gasteiger partial charge in [-0.05, 0) is 50.9 Å². The van der Waals surface area contributed by atoms with E-state index in [9.17, 15) is 20.0 Å². The second-order valence-electron chi connectivity index (χ2n) is 7.94. The molecule has 0 bridgehead atoms. The van der Waals surface area contributed by atoms with Crippen LogP contribution in [0, 0.1) is 34.0 Å². The van der Waals surface area contributed by atoms with Crippen molar-refractivity contribution in [1.82, 2.24) is 0 Å². The summed E-state index contributed by atoms with van der Waals surface area (Å²) in [7, 11) is 0. The summed E-state index contributed by atoms with van der Waals surface area (Å²) in [6, 6.07) is 2.28. The van der Waals surface area contributed by atoms with E-state index in [1.165, 1.54) is 0 Å². The molecule has 0 spiro atoms. The molecule has 5 nitrogen and oxygen atoms in total. The van der Waals surface area contributed by atoms with Crippen LogP contribution in [0.25, 0.3) is 0 Å². The van der Waals surface area contributed by atoms with Gasteiger partial charge >= 0.3 is 11.9 Å². The summed E-state index contributed by atoms with van der Waals surface area (Å²) in [5, 5.41) is 20.8. The number of hydrogen-bond acceptors (Lipinski definition) is 4. The largest absolute Gasteiger partial charge is 0.481 e. The first kappa shape index (κ1) is 20.7. The Bertz CT molecular complexity index is 543. The molecule has 146 valence electrons. The Balaban J connectivity index is 2.65. The van der Waals surface area contributed by atoms with Crippen molar-refractivity contribution < 1.29 is 19.4 Å². The molecule has 2 atom stereocenters. The monoisotopic (exact) mass is 363 g/mol. The molecule has 0 aliphatic heterocycles. The van der Waals surface area contributed by atoms with Crippen molar-refractivity contribution >= 4 is 11.9 Å². The summed E-state index contributed by atoms with van der Waals surface area (Å²) < 4.78 is 5.38. The Morgan fingerprint density at radius 1 is 1.00 bits per heavy atom. The Morgan fingerprint density at radius 3 is 1.88 bits per heavy atom. The minimum absolute atomic E-state index is 0.148. The highest BCUT2D eigenvalue weighted by Gasteiger charge is 2.68. The number of nitrogens with zero attached hydrogens (tertiary/aromatic N) is 1. The van der Waals surface area contributed by atoms with Crippen LogP contribution in [-0.2, 0) is 14.3 Å². The fourth-order valence-corrected chi connectivity index (χ4v) is 5.71. The SMILES string of the molecule is CCOC(=O)C(C#N)(C1CCCCC1)C(CC)(C(=O)O)C1CCCCC1. The van der Waals surface area contributed by atoms with Gasteiger partial charge in [0.1, 0.15) is 0 Å². The molecule has 0 amide bonds. The van der Waals surface area contributed by atoms with Crippen molar-refractivity contribution in [2.75, 3.05) is 6.61 Å². The van der Waals surface area contributed by atoms with Crippen LogP contribution in [0.4, 0.5) is 0 Å². The van der Waals surface area contributed by atoms with Crippen LogP contribution in [0.3, 0.4) is 0 Å². The second-order valence-corrected chi connectivity index (χ2v) is 7.94. The molecule has 0 saturated heterocycles. The first-order chi connectivity index (χ1) is 12.5. The number of aliphatic carboxylic acids is 1. The van der Waals surface area contributed by atoms with Gasteiger partial charge in [0, 0.05) is 0 Å². The molecule has 26 heavy (non-hydrogen) atoms. The van der Waals surface area contributed by atoms with Gasteiger partial charge < -0.3 is 9.84 Å². The number of carbonyl (C=O) groups is 2. The van der Waals surface area contributed by atoms with E-state index in [4.69, 9.17) is 4.74 Å². The standard InChI is InChI=1S/C21H33NO4/c1-3-20(18(23)24,16-11-7-5-8-12-16)21(15-22,19(25)26-4-2)17-13-9-6-10-14-17/h16-17H,3-14H2,1-2H3,(H,23,24). The topological polar surface area (TPSA) is 87.4 Å². The number of esters is 1. The third-order valence-corrected chi connectivity index (χ3v) is 6.94. The quantitative estimate of drug-likeness (QED) is 0.662. The van der Waals surface area contributed by atoms with Crippen LogP contribution in [-0.4, -0.2) is 23.7 Å². The molecule has 0 aromatic carbocycles. The molecule has 2 aliphatic carbocycles. The van der Waals surface area contributed by atoms with E-state index in [1.54, 1.807) is 6.92 Å². The molecule has 2 rings (SSSR count). The van der Waals surface area contributed by atoms with Gasteiger partial charge in [-0.25, -0.2) is 0 Å². The minimum atomic E-state index is -1.59. The number of nitriles is 1. The zero-order valence-electron chi connectivity index (χ0n) is 16.3. The molecule has 0 heterocycles. The molecule has 2 fully saturated rings. The number of rotatable bonds is 7. The van der Waals surface area contributed by atoms with Crippen molar-refractivity contribution in [3.05, 3.63) is 0 Å². The van der Waals surface area contributed by atoms with E-state index >= 15 is 0 Å². The van der Waals surface area contributed by atoms with E-state index in [1.807, 2.05) is 6.92 Å². The predicted molar refractivity (Wildman–Crippen MR) is 98.2 cm³/mol. The van der Waals surface area contributed by atoms with E-state index in [0.717, 1.165) is 64.2 Å². The lowest BCUT2D eigenvalue weighted by atomic mass is 9.48. The lowest BCUT2D eigenvalue weighted by Crippen LogP contribution is -2.60. The summed E-state index contributed by atoms with van der Waals surface area (Å²) in [6.07, 6.45) is 9.29. The van der Waals surface area contributed by atoms with Crippen LogP contribution >= 0.6 is 0 Å². The smallest absolute Gasteiger partial charge is 0.327 e. The molecule has 1 N–H and O–H groups in total. The van der Waals surface area contributed by atoms with Crippen LogP contribution in [0.5, 0.6) is 0 Å². The molecule has 2 aliphatic rings. The van der Waals surface area contributed by atoms with Crippen LogP contribution in [0.1, 0.15) is 84.5 Å². The summed E-state index contributed by atoms with van der Waals surface area (Å²) >= 11 is 0. The van der Waals surface area contributed by atoms with E-state index in [-0.39, 0.29) is 24.9 Å². The lowest BCUT2D eigenvalue weighted by Gasteiger charge is -2.51. The summed E-state index contributed by atoms with van der Waals surface area (Å²) in [4.78, 5) is 26.0. The highest BCUT2D eigenvalue weighted by molar-refractivity contribution is 5.90. The summed E-state index contributed by atoms with van der Waals surface area (Å²) in [6.45, 7) is 3.71. The van der Waals surface area contributed by atoms with E-state index in [0.29, 0.717) is 0 Å². The van der Waals surface area contributed by atoms with Gasteiger partial charge in [0.15, 0.2) is 5.41 Å². The third-order valence-electron chi connectivity index (χ3n) is 6.94. The average Bonchev–Trinajstić information content (AvgIpc) is 2.67. The number of ether oxygens (including phenoxy) is 1. The van der Waals surface area contributed by atoms with Crippen LogP contribution < -0.4 is 0 Å². The fraction of sp³-hybridized carbons (Fsp3) is 0.857. The highest BCUT2D eigenvalue weighted by Crippen LogP contribution is 2.59. The van der Waals surface area contributed by atoms with Gasteiger partial charge in [-0.15, -0.1) is 0 Å². The molecule has 5 heteroatoms. The highest BCUT2D eigenvalue weighted by atomic mass is 16.5. The van der Waals surface area contributed by atoms with E-state index in [2.05, 4.69) is 6.07 Å². The molecule has 2 saturated carbocycles. The zero-order valence-corrected chi connectivity index (χ0v) is 16.3. The average molecular weight is 363 g/mol. The third kappa shape index (κ3) is 3.23. The molecule has 0 aromatic rings. The van der Waals surface area contributed by atoms with Crippen molar-refractivity contribution in [2.24, 2.45) is 22.7 Å². The maximum Gasteiger partial charge on any atom is 0.327 e. The Kier molecular flexibility index (Phi) is 7.08. The van der Waals surface area contributed by atoms with Crippen molar-refractivity contribution in [3.63, 3.8) is 0 Å². The fourth-order valence-electron chi connectivity index (χ4n) is 5.71. The van der Waals surface area contributed by atoms with Gasteiger partial charge in [-0.1, -0.05) is 45.4 Å². The van der Waals surface area contributed by atoms with Gasteiger partial charge in [-0.3, -0.25) is 9.59 Å². The summed E-state index contributed by atoms with van der Waals surface area (Å²) in [5.41, 5.74) is -2.96. The van der Waals surface area contributed by atoms with Crippen molar-refractivity contribution in [2.45, 2.75) is 84.5 Å². The van der Waals surface area contributed by atoms with Crippen molar-refractivity contribution in [3.8, 4) is 6.07 Å². The molecule has 0 radical (unpaired) electrons. The number of hydrogen-bond donors (Lipinski definition) is 1. The Hall–Kier alpha value is -1.57. The van der Waals surface area contributed by atoms with Gasteiger partial charge in [0.2, 0.25) is 0 Å². The van der Waals surface area contributed by atoms with Crippen molar-refractivity contribution in [1.29, 1.82) is 5.26 Å². The number of carboxylic acids is 1. The first-order valence-electron chi connectivity index (χ1n) is 10.3. The molecular weight excluding hydrogens is 330 g/mol. The minimum Gasteiger partial charge on any atom is -0.481 e. The maximum absolute atomic E-state index is 13.2. The molecular formula is C21H33NO4. The number of carboxylic acid groups (broad SMARTS) is 1. The van der Waals surface area contributed by atoms with Gasteiger partial charge in [0.25, 0.3) is 0 Å². The predicted octanol–water partition coefficient (Wildman–Crippen LogP) is 4.70. The first-order valence-corrected chi connectivity index (χ1v) is 10.3. The van der Waals surface area contributed by atoms with Crippen LogP contribution in [0.15, 0.2) is 0 Å². The maximum atomic E-state index is 13.2. The van der Waals surface area contributed by atoms with Crippen LogP contribution in [0.2, 0.25) is 0 Å². The lowest BCUT2D eigenvalue weighted by molar-refractivity contribution is -0.187. The van der Waals surface area contributed by atoms with E-state index < -0.39 is 22.8 Å². The molecule has 2 unspecified atom stereocenters. The number of carbonyl (C=O) groups excluding carboxylic acids is 1. The van der Waals surface area contributed by atoms with Gasteiger partial charge in [-0.2, -0.15) is 5.26 Å². The summed E-state index contributed by atoms with van der Waals surface area (Å²) in [5.74, 6) is -1.99. The normalized spacial score (nSPS) is 24.0. The molecule has 0 aromatic heterocycles. The Morgan fingerprint density at radius 2 is 1.50 bits per heavy atom. The second kappa shape index (κ2) is 8.88. The Labute approximate surface area is 157 Å².